The average molecular weight is 238 g/mol. The summed E-state index contributed by atoms with van der Waals surface area (Å²) in [7, 11) is 0. The van der Waals surface area contributed by atoms with Crippen molar-refractivity contribution in [1.82, 2.24) is 10.3 Å². The standard InChI is InChI=1S/C11H18N4S/c1-7(2)5-13-11(12)14-6-10-8(3)16-9(4)15-10/h1,5-6H2,2-4H3,(H3,12,13,14). The van der Waals surface area contributed by atoms with Gasteiger partial charge in [0, 0.05) is 11.4 Å². The normalized spacial score (nSPS) is 11.6. The number of aliphatic imine (C=N–C) groups is 1. The second-order valence-corrected chi connectivity index (χ2v) is 5.16. The fourth-order valence-electron chi connectivity index (χ4n) is 1.18. The van der Waals surface area contributed by atoms with E-state index in [-0.39, 0.29) is 0 Å². The van der Waals surface area contributed by atoms with Crippen molar-refractivity contribution in [3.8, 4) is 0 Å². The van der Waals surface area contributed by atoms with Crippen LogP contribution in [0.4, 0.5) is 0 Å². The maximum atomic E-state index is 5.70. The molecule has 1 aromatic rings. The molecule has 88 valence electrons. The molecule has 0 fully saturated rings. The minimum Gasteiger partial charge on any atom is -0.370 e. The molecule has 0 saturated heterocycles. The molecule has 0 aliphatic rings. The van der Waals surface area contributed by atoms with E-state index in [0.29, 0.717) is 19.0 Å². The first-order chi connectivity index (χ1) is 7.49. The quantitative estimate of drug-likeness (QED) is 0.477. The van der Waals surface area contributed by atoms with Crippen molar-refractivity contribution in [1.29, 1.82) is 0 Å². The molecule has 0 spiro atoms. The van der Waals surface area contributed by atoms with E-state index >= 15 is 0 Å². The lowest BCUT2D eigenvalue weighted by Gasteiger charge is -2.04. The highest BCUT2D eigenvalue weighted by Crippen LogP contribution is 2.16. The van der Waals surface area contributed by atoms with Crippen LogP contribution in [0.5, 0.6) is 0 Å². The molecule has 5 heteroatoms. The van der Waals surface area contributed by atoms with Gasteiger partial charge < -0.3 is 11.1 Å². The summed E-state index contributed by atoms with van der Waals surface area (Å²) in [5, 5.41) is 4.05. The number of rotatable bonds is 4. The molecule has 0 unspecified atom stereocenters. The van der Waals surface area contributed by atoms with Crippen LogP contribution in [0.15, 0.2) is 17.1 Å². The summed E-state index contributed by atoms with van der Waals surface area (Å²) in [6, 6.07) is 0. The third kappa shape index (κ3) is 4.02. The topological polar surface area (TPSA) is 63.3 Å². The first-order valence-corrected chi connectivity index (χ1v) is 5.91. The van der Waals surface area contributed by atoms with Gasteiger partial charge in [0.25, 0.3) is 0 Å². The molecule has 3 N–H and O–H groups in total. The summed E-state index contributed by atoms with van der Waals surface area (Å²) in [4.78, 5) is 9.82. The Kier molecular flexibility index (Phi) is 4.49. The third-order valence-electron chi connectivity index (χ3n) is 1.97. The number of nitrogens with zero attached hydrogens (tertiary/aromatic N) is 2. The van der Waals surface area contributed by atoms with Crippen molar-refractivity contribution in [2.75, 3.05) is 6.54 Å². The molecule has 1 heterocycles. The molecular weight excluding hydrogens is 220 g/mol. The zero-order valence-corrected chi connectivity index (χ0v) is 10.8. The average Bonchev–Trinajstić information content (AvgIpc) is 2.51. The van der Waals surface area contributed by atoms with Crippen LogP contribution in [-0.2, 0) is 6.54 Å². The van der Waals surface area contributed by atoms with Crippen LogP contribution in [0.25, 0.3) is 0 Å². The number of nitrogens with two attached hydrogens (primary N) is 1. The summed E-state index contributed by atoms with van der Waals surface area (Å²) < 4.78 is 0. The highest BCUT2D eigenvalue weighted by atomic mass is 32.1. The molecule has 1 rings (SSSR count). The van der Waals surface area contributed by atoms with E-state index in [1.54, 1.807) is 11.3 Å². The van der Waals surface area contributed by atoms with Gasteiger partial charge >= 0.3 is 0 Å². The van der Waals surface area contributed by atoms with Crippen molar-refractivity contribution in [2.24, 2.45) is 10.7 Å². The van der Waals surface area contributed by atoms with Crippen LogP contribution in [0.1, 0.15) is 22.5 Å². The van der Waals surface area contributed by atoms with Crippen molar-refractivity contribution < 1.29 is 0 Å². The molecule has 0 saturated carbocycles. The van der Waals surface area contributed by atoms with Crippen LogP contribution >= 0.6 is 11.3 Å². The predicted molar refractivity (Wildman–Crippen MR) is 69.7 cm³/mol. The van der Waals surface area contributed by atoms with Crippen molar-refractivity contribution in [2.45, 2.75) is 27.3 Å². The van der Waals surface area contributed by atoms with E-state index in [1.165, 1.54) is 4.88 Å². The van der Waals surface area contributed by atoms with E-state index in [4.69, 9.17) is 5.73 Å². The molecule has 0 aliphatic heterocycles. The Hall–Kier alpha value is -1.36. The number of hydrogen-bond acceptors (Lipinski definition) is 3. The maximum Gasteiger partial charge on any atom is 0.189 e. The van der Waals surface area contributed by atoms with E-state index in [1.807, 2.05) is 20.8 Å². The summed E-state index contributed by atoms with van der Waals surface area (Å²) in [6.07, 6.45) is 0. The van der Waals surface area contributed by atoms with Gasteiger partial charge in [0.05, 0.1) is 17.2 Å². The Labute approximate surface area is 100 Å². The lowest BCUT2D eigenvalue weighted by atomic mass is 10.3. The minimum absolute atomic E-state index is 0.438. The Morgan fingerprint density at radius 3 is 2.75 bits per heavy atom. The molecular formula is C11H18N4S. The molecule has 16 heavy (non-hydrogen) atoms. The first-order valence-electron chi connectivity index (χ1n) is 5.10. The Morgan fingerprint density at radius 1 is 1.56 bits per heavy atom. The second-order valence-electron chi connectivity index (χ2n) is 3.75. The maximum absolute atomic E-state index is 5.70. The van der Waals surface area contributed by atoms with Gasteiger partial charge in [-0.2, -0.15) is 0 Å². The zero-order valence-electron chi connectivity index (χ0n) is 10.0. The molecule has 0 amide bonds. The van der Waals surface area contributed by atoms with Gasteiger partial charge in [-0.05, 0) is 20.8 Å². The van der Waals surface area contributed by atoms with Gasteiger partial charge in [-0.3, -0.25) is 0 Å². The van der Waals surface area contributed by atoms with Crippen molar-refractivity contribution >= 4 is 17.3 Å². The second kappa shape index (κ2) is 5.65. The fraction of sp³-hybridized carbons (Fsp3) is 0.455. The number of aryl methyl sites for hydroxylation is 2. The molecule has 0 aliphatic carbocycles. The van der Waals surface area contributed by atoms with E-state index in [9.17, 15) is 0 Å². The van der Waals surface area contributed by atoms with E-state index in [2.05, 4.69) is 21.9 Å². The largest absolute Gasteiger partial charge is 0.370 e. The fourth-order valence-corrected chi connectivity index (χ4v) is 2.00. The molecule has 0 radical (unpaired) electrons. The van der Waals surface area contributed by atoms with Gasteiger partial charge in [-0.1, -0.05) is 12.2 Å². The first kappa shape index (κ1) is 12.7. The highest BCUT2D eigenvalue weighted by Gasteiger charge is 2.03. The summed E-state index contributed by atoms with van der Waals surface area (Å²) in [6.45, 7) is 11.0. The lowest BCUT2D eigenvalue weighted by molar-refractivity contribution is 0.920. The van der Waals surface area contributed by atoms with E-state index < -0.39 is 0 Å². The monoisotopic (exact) mass is 238 g/mol. The van der Waals surface area contributed by atoms with E-state index in [0.717, 1.165) is 16.3 Å². The Balaban J connectivity index is 2.52. The third-order valence-corrected chi connectivity index (χ3v) is 2.90. The summed E-state index contributed by atoms with van der Waals surface area (Å²) in [5.41, 5.74) is 7.73. The van der Waals surface area contributed by atoms with Crippen LogP contribution < -0.4 is 11.1 Å². The number of guanidine groups is 1. The number of aromatic nitrogens is 1. The van der Waals surface area contributed by atoms with Crippen molar-refractivity contribution in [3.63, 3.8) is 0 Å². The molecule has 1 aromatic heterocycles. The molecule has 0 bridgehead atoms. The number of thiazole rings is 1. The Morgan fingerprint density at radius 2 is 2.25 bits per heavy atom. The number of nitrogens with one attached hydrogen (secondary N) is 1. The zero-order chi connectivity index (χ0) is 12.1. The van der Waals surface area contributed by atoms with Crippen LogP contribution in [0, 0.1) is 13.8 Å². The van der Waals surface area contributed by atoms with Gasteiger partial charge in [-0.15, -0.1) is 11.3 Å². The van der Waals surface area contributed by atoms with Crippen LogP contribution in [0.3, 0.4) is 0 Å². The Bertz CT molecular complexity index is 406. The van der Waals surface area contributed by atoms with Crippen LogP contribution in [-0.4, -0.2) is 17.5 Å². The molecule has 4 nitrogen and oxygen atoms in total. The predicted octanol–water partition coefficient (Wildman–Crippen LogP) is 1.74. The summed E-state index contributed by atoms with van der Waals surface area (Å²) >= 11 is 1.68. The number of hydrogen-bond donors (Lipinski definition) is 2. The molecule has 0 aromatic carbocycles. The molecule has 0 atom stereocenters. The SMILES string of the molecule is C=C(C)CNC(N)=NCc1nc(C)sc1C. The van der Waals surface area contributed by atoms with Gasteiger partial charge in [0.2, 0.25) is 0 Å². The van der Waals surface area contributed by atoms with Gasteiger partial charge in [0.1, 0.15) is 0 Å². The smallest absolute Gasteiger partial charge is 0.189 e. The van der Waals surface area contributed by atoms with Crippen LogP contribution in [0.2, 0.25) is 0 Å². The lowest BCUT2D eigenvalue weighted by Crippen LogP contribution is -2.32. The van der Waals surface area contributed by atoms with Crippen molar-refractivity contribution in [3.05, 3.63) is 27.7 Å². The minimum atomic E-state index is 0.438. The highest BCUT2D eigenvalue weighted by molar-refractivity contribution is 7.11. The van der Waals surface area contributed by atoms with Gasteiger partial charge in [-0.25, -0.2) is 9.98 Å². The summed E-state index contributed by atoms with van der Waals surface area (Å²) in [5.74, 6) is 0.438. The van der Waals surface area contributed by atoms with Gasteiger partial charge in [0.15, 0.2) is 5.96 Å².